The number of nitrogens with zero attached hydrogens (tertiary/aromatic N) is 3. The summed E-state index contributed by atoms with van der Waals surface area (Å²) in [5.74, 6) is -0.835. The molecule has 10 heteroatoms. The van der Waals surface area contributed by atoms with Gasteiger partial charge in [-0.2, -0.15) is 4.98 Å². The Kier molecular flexibility index (Phi) is 5.84. The fourth-order valence-corrected chi connectivity index (χ4v) is 3.10. The number of rotatable bonds is 7. The molecular formula is C22H18F2N4O4. The summed E-state index contributed by atoms with van der Waals surface area (Å²) in [6.07, 6.45) is 1.67. The lowest BCUT2D eigenvalue weighted by Gasteiger charge is -2.08. The highest BCUT2D eigenvalue weighted by atomic mass is 19.2. The van der Waals surface area contributed by atoms with Crippen molar-refractivity contribution in [3.05, 3.63) is 66.4 Å². The molecule has 1 N–H and O–H groups in total. The number of anilines is 1. The molecule has 0 atom stereocenters. The predicted molar refractivity (Wildman–Crippen MR) is 111 cm³/mol. The summed E-state index contributed by atoms with van der Waals surface area (Å²) in [5, 5.41) is 6.53. The second-order valence-corrected chi connectivity index (χ2v) is 6.69. The molecule has 0 saturated carbocycles. The molecule has 2 aromatic heterocycles. The number of methoxy groups -OCH3 is 2. The molecule has 0 spiro atoms. The van der Waals surface area contributed by atoms with Gasteiger partial charge in [-0.05, 0) is 42.5 Å². The fourth-order valence-electron chi connectivity index (χ4n) is 3.10. The van der Waals surface area contributed by atoms with E-state index in [4.69, 9.17) is 14.0 Å². The highest BCUT2D eigenvalue weighted by Crippen LogP contribution is 2.32. The standard InChI is InChI=1S/C22H18F2N4O4/c1-30-18-8-5-13(10-19(18)31-2)21-26-22(32-27-21)17-4-3-9-28(17)12-20(29)25-14-6-7-15(23)16(24)11-14/h3-11H,12H2,1-2H3,(H,25,29). The van der Waals surface area contributed by atoms with Crippen LogP contribution in [0.1, 0.15) is 0 Å². The van der Waals surface area contributed by atoms with Gasteiger partial charge in [-0.3, -0.25) is 4.79 Å². The first-order chi connectivity index (χ1) is 15.5. The van der Waals surface area contributed by atoms with E-state index in [0.29, 0.717) is 28.6 Å². The molecule has 0 aliphatic carbocycles. The third-order valence-corrected chi connectivity index (χ3v) is 4.63. The second kappa shape index (κ2) is 8.88. The molecule has 4 aromatic rings. The Morgan fingerprint density at radius 1 is 1.06 bits per heavy atom. The van der Waals surface area contributed by atoms with Crippen molar-refractivity contribution >= 4 is 11.6 Å². The van der Waals surface area contributed by atoms with Gasteiger partial charge in [-0.25, -0.2) is 8.78 Å². The average molecular weight is 440 g/mol. The summed E-state index contributed by atoms with van der Waals surface area (Å²) in [6, 6.07) is 11.8. The highest BCUT2D eigenvalue weighted by molar-refractivity contribution is 5.90. The van der Waals surface area contributed by atoms with Crippen LogP contribution >= 0.6 is 0 Å². The molecule has 0 fully saturated rings. The number of amides is 1. The van der Waals surface area contributed by atoms with Crippen LogP contribution in [-0.2, 0) is 11.3 Å². The van der Waals surface area contributed by atoms with Crippen LogP contribution in [0.5, 0.6) is 11.5 Å². The molecule has 0 saturated heterocycles. The fraction of sp³-hybridized carbons (Fsp3) is 0.136. The van der Waals surface area contributed by atoms with Gasteiger partial charge in [0.15, 0.2) is 23.1 Å². The van der Waals surface area contributed by atoms with Crippen LogP contribution in [0.4, 0.5) is 14.5 Å². The first-order valence-electron chi connectivity index (χ1n) is 9.45. The number of benzene rings is 2. The van der Waals surface area contributed by atoms with Gasteiger partial charge in [0.2, 0.25) is 11.7 Å². The van der Waals surface area contributed by atoms with Crippen molar-refractivity contribution in [2.24, 2.45) is 0 Å². The van der Waals surface area contributed by atoms with E-state index in [1.165, 1.54) is 13.2 Å². The van der Waals surface area contributed by atoms with Crippen molar-refractivity contribution in [2.45, 2.75) is 6.54 Å². The minimum Gasteiger partial charge on any atom is -0.493 e. The molecule has 32 heavy (non-hydrogen) atoms. The van der Waals surface area contributed by atoms with Crippen molar-refractivity contribution in [3.8, 4) is 34.5 Å². The SMILES string of the molecule is COc1ccc(-c2noc(-c3cccn3CC(=O)Nc3ccc(F)c(F)c3)n2)cc1OC. The number of ether oxygens (including phenoxy) is 2. The number of hydrogen-bond donors (Lipinski definition) is 1. The van der Waals surface area contributed by atoms with E-state index >= 15 is 0 Å². The van der Waals surface area contributed by atoms with Gasteiger partial charge in [0.05, 0.1) is 14.2 Å². The molecule has 8 nitrogen and oxygen atoms in total. The van der Waals surface area contributed by atoms with Crippen molar-refractivity contribution in [1.29, 1.82) is 0 Å². The first kappa shape index (κ1) is 21.0. The number of carbonyl (C=O) groups excluding carboxylic acids is 1. The molecule has 0 bridgehead atoms. The highest BCUT2D eigenvalue weighted by Gasteiger charge is 2.17. The molecule has 0 aliphatic heterocycles. The summed E-state index contributed by atoms with van der Waals surface area (Å²) in [4.78, 5) is 16.8. The van der Waals surface area contributed by atoms with Gasteiger partial charge >= 0.3 is 0 Å². The van der Waals surface area contributed by atoms with Crippen LogP contribution in [0, 0.1) is 11.6 Å². The van der Waals surface area contributed by atoms with Gasteiger partial charge in [-0.15, -0.1) is 0 Å². The van der Waals surface area contributed by atoms with Crippen LogP contribution in [0.2, 0.25) is 0 Å². The van der Waals surface area contributed by atoms with E-state index in [-0.39, 0.29) is 18.1 Å². The number of aromatic nitrogens is 3. The Hall–Kier alpha value is -4.21. The quantitative estimate of drug-likeness (QED) is 0.465. The lowest BCUT2D eigenvalue weighted by molar-refractivity contribution is -0.116. The van der Waals surface area contributed by atoms with Crippen molar-refractivity contribution in [1.82, 2.24) is 14.7 Å². The smallest absolute Gasteiger partial charge is 0.274 e. The molecule has 2 heterocycles. The van der Waals surface area contributed by atoms with E-state index in [0.717, 1.165) is 12.1 Å². The maximum Gasteiger partial charge on any atom is 0.274 e. The third-order valence-electron chi connectivity index (χ3n) is 4.63. The Morgan fingerprint density at radius 2 is 1.88 bits per heavy atom. The summed E-state index contributed by atoms with van der Waals surface area (Å²) in [7, 11) is 3.07. The van der Waals surface area contributed by atoms with Crippen LogP contribution < -0.4 is 14.8 Å². The Balaban J connectivity index is 1.52. The number of halogens is 2. The molecule has 4 rings (SSSR count). The Morgan fingerprint density at radius 3 is 2.62 bits per heavy atom. The van der Waals surface area contributed by atoms with Crippen molar-refractivity contribution in [2.75, 3.05) is 19.5 Å². The summed E-state index contributed by atoms with van der Waals surface area (Å²) in [5.41, 5.74) is 1.33. The average Bonchev–Trinajstić information content (AvgIpc) is 3.45. The molecule has 0 aliphatic rings. The van der Waals surface area contributed by atoms with Crippen LogP contribution in [-0.4, -0.2) is 34.8 Å². The molecule has 164 valence electrons. The van der Waals surface area contributed by atoms with E-state index in [1.54, 1.807) is 48.2 Å². The lowest BCUT2D eigenvalue weighted by atomic mass is 10.2. The van der Waals surface area contributed by atoms with E-state index in [9.17, 15) is 13.6 Å². The Labute approximate surface area is 181 Å². The van der Waals surface area contributed by atoms with Crippen LogP contribution in [0.3, 0.4) is 0 Å². The molecular weight excluding hydrogens is 422 g/mol. The monoisotopic (exact) mass is 440 g/mol. The summed E-state index contributed by atoms with van der Waals surface area (Å²) < 4.78 is 43.9. The topological polar surface area (TPSA) is 91.4 Å². The van der Waals surface area contributed by atoms with Gasteiger partial charge in [0, 0.05) is 23.5 Å². The minimum absolute atomic E-state index is 0.102. The van der Waals surface area contributed by atoms with Crippen LogP contribution in [0.25, 0.3) is 23.0 Å². The maximum absolute atomic E-state index is 13.4. The Bertz CT molecular complexity index is 1270. The maximum atomic E-state index is 13.4. The molecule has 1 amide bonds. The number of hydrogen-bond acceptors (Lipinski definition) is 6. The summed E-state index contributed by atoms with van der Waals surface area (Å²) in [6.45, 7) is -0.102. The van der Waals surface area contributed by atoms with E-state index < -0.39 is 17.5 Å². The van der Waals surface area contributed by atoms with E-state index in [1.807, 2.05) is 0 Å². The summed E-state index contributed by atoms with van der Waals surface area (Å²) >= 11 is 0. The van der Waals surface area contributed by atoms with Gasteiger partial charge < -0.3 is 23.9 Å². The largest absolute Gasteiger partial charge is 0.493 e. The van der Waals surface area contributed by atoms with Gasteiger partial charge in [-0.1, -0.05) is 5.16 Å². The number of nitrogens with one attached hydrogen (secondary N) is 1. The molecule has 2 aromatic carbocycles. The van der Waals surface area contributed by atoms with Crippen molar-refractivity contribution < 1.29 is 27.6 Å². The van der Waals surface area contributed by atoms with Crippen molar-refractivity contribution in [3.63, 3.8) is 0 Å². The van der Waals surface area contributed by atoms with E-state index in [2.05, 4.69) is 15.5 Å². The van der Waals surface area contributed by atoms with Gasteiger partial charge in [0.1, 0.15) is 12.2 Å². The molecule has 0 unspecified atom stereocenters. The first-order valence-corrected chi connectivity index (χ1v) is 9.45. The zero-order chi connectivity index (χ0) is 22.7. The van der Waals surface area contributed by atoms with Crippen LogP contribution in [0.15, 0.2) is 59.3 Å². The zero-order valence-corrected chi connectivity index (χ0v) is 17.1. The van der Waals surface area contributed by atoms with Gasteiger partial charge in [0.25, 0.3) is 5.89 Å². The third kappa shape index (κ3) is 4.29. The molecule has 0 radical (unpaired) electrons. The normalized spacial score (nSPS) is 10.8. The second-order valence-electron chi connectivity index (χ2n) is 6.69. The number of carbonyl (C=O) groups is 1. The zero-order valence-electron chi connectivity index (χ0n) is 17.1. The predicted octanol–water partition coefficient (Wildman–Crippen LogP) is 4.14. The lowest BCUT2D eigenvalue weighted by Crippen LogP contribution is -2.19. The minimum atomic E-state index is -1.04.